The molecule has 0 aliphatic heterocycles. The predicted octanol–water partition coefficient (Wildman–Crippen LogP) is 3.74. The van der Waals surface area contributed by atoms with Gasteiger partial charge < -0.3 is 15.0 Å². The third-order valence-electron chi connectivity index (χ3n) is 7.12. The van der Waals surface area contributed by atoms with Crippen molar-refractivity contribution in [1.82, 2.24) is 19.6 Å². The molecule has 4 aromatic rings. The summed E-state index contributed by atoms with van der Waals surface area (Å²) in [7, 11) is -4.45. The first-order valence-corrected chi connectivity index (χ1v) is 16.6. The van der Waals surface area contributed by atoms with Crippen LogP contribution in [0, 0.1) is 0 Å². The fourth-order valence-corrected chi connectivity index (χ4v) is 6.10. The first kappa shape index (κ1) is 32.2. The van der Waals surface area contributed by atoms with Crippen molar-refractivity contribution in [2.24, 2.45) is 0 Å². The number of nitrogens with one attached hydrogen (secondary N) is 3. The Balaban J connectivity index is 1.31. The summed E-state index contributed by atoms with van der Waals surface area (Å²) in [6.07, 6.45) is 3.60. The lowest BCUT2D eigenvalue weighted by molar-refractivity contribution is 0.158. The number of anilines is 2. The molecule has 13 heteroatoms. The van der Waals surface area contributed by atoms with Crippen LogP contribution in [0.1, 0.15) is 31.9 Å². The summed E-state index contributed by atoms with van der Waals surface area (Å²) in [4.78, 5) is 4.67. The number of aliphatic hydroxyl groups is 1. The van der Waals surface area contributed by atoms with Crippen LogP contribution in [-0.2, 0) is 26.8 Å². The van der Waals surface area contributed by atoms with Gasteiger partial charge in [0.2, 0.25) is 0 Å². The van der Waals surface area contributed by atoms with Gasteiger partial charge in [-0.1, -0.05) is 42.5 Å². The van der Waals surface area contributed by atoms with Gasteiger partial charge in [0.25, 0.3) is 10.0 Å². The van der Waals surface area contributed by atoms with Gasteiger partial charge in [0.1, 0.15) is 0 Å². The zero-order chi connectivity index (χ0) is 31.3. The van der Waals surface area contributed by atoms with Gasteiger partial charge in [0, 0.05) is 50.2 Å². The van der Waals surface area contributed by atoms with Crippen molar-refractivity contribution in [2.45, 2.75) is 43.4 Å². The summed E-state index contributed by atoms with van der Waals surface area (Å²) in [5.41, 5.74) is 2.83. The normalized spacial score (nSPS) is 13.0. The number of rotatable bonds is 14. The number of hydrogen-bond donors (Lipinski definition) is 4. The lowest BCUT2D eigenvalue weighted by Crippen LogP contribution is -2.42. The monoisotopic (exact) mass is 626 g/mol. The van der Waals surface area contributed by atoms with Crippen LogP contribution in [0.2, 0.25) is 0 Å². The molecule has 4 N–H and O–H groups in total. The van der Waals surface area contributed by atoms with E-state index in [1.807, 2.05) is 22.9 Å². The molecule has 230 valence electrons. The maximum atomic E-state index is 12.7. The number of sulfonamides is 1. The molecule has 0 saturated heterocycles. The van der Waals surface area contributed by atoms with E-state index in [9.17, 15) is 21.9 Å². The van der Waals surface area contributed by atoms with Crippen molar-refractivity contribution < 1.29 is 21.9 Å². The number of benzene rings is 3. The van der Waals surface area contributed by atoms with Crippen LogP contribution in [0.15, 0.2) is 96.3 Å². The molecule has 1 unspecified atom stereocenters. The summed E-state index contributed by atoms with van der Waals surface area (Å²) in [5, 5.41) is 14.3. The second-order valence-corrected chi connectivity index (χ2v) is 14.4. The maximum absolute atomic E-state index is 12.7. The molecular formula is C30H38N6O5S2. The number of hydrogen-bond acceptors (Lipinski definition) is 7. The summed E-state index contributed by atoms with van der Waals surface area (Å²) in [6.45, 7) is 5.06. The highest BCUT2D eigenvalue weighted by molar-refractivity contribution is 7.92. The Bertz CT molecular complexity index is 1720. The molecule has 0 spiro atoms. The van der Waals surface area contributed by atoms with Gasteiger partial charge >= 0.3 is 10.2 Å². The van der Waals surface area contributed by atoms with E-state index in [1.54, 1.807) is 60.9 Å². The van der Waals surface area contributed by atoms with Gasteiger partial charge in [0.15, 0.2) is 0 Å². The Hall–Kier alpha value is -3.75. The summed E-state index contributed by atoms with van der Waals surface area (Å²) < 4.78 is 57.4. The molecule has 1 heterocycles. The molecule has 3 aromatic carbocycles. The summed E-state index contributed by atoms with van der Waals surface area (Å²) in [5.74, 6) is 0. The third kappa shape index (κ3) is 8.42. The molecule has 1 aromatic heterocycles. The lowest BCUT2D eigenvalue weighted by Gasteiger charge is -2.28. The van der Waals surface area contributed by atoms with Gasteiger partial charge in [-0.05, 0) is 62.2 Å². The SMILES string of the molecule is CNS(=O)(=O)N(C)c1ccc(-c2cn(CCC(C)(C)NCC(O)c3cccc(NS(=O)(=O)c4ccccc4)c3)cn2)cc1. The van der Waals surface area contributed by atoms with Crippen LogP contribution in [0.4, 0.5) is 11.4 Å². The Labute approximate surface area is 253 Å². The minimum atomic E-state index is -3.73. The fourth-order valence-electron chi connectivity index (χ4n) is 4.36. The highest BCUT2D eigenvalue weighted by Crippen LogP contribution is 2.24. The van der Waals surface area contributed by atoms with E-state index < -0.39 is 26.3 Å². The molecule has 0 amide bonds. The van der Waals surface area contributed by atoms with Crippen LogP contribution in [0.25, 0.3) is 11.3 Å². The van der Waals surface area contributed by atoms with Gasteiger partial charge in [-0.25, -0.2) is 18.1 Å². The van der Waals surface area contributed by atoms with Crippen molar-refractivity contribution >= 4 is 31.6 Å². The standard InChI is InChI=1S/C30H38N6O5S2/c1-30(2,17-18-36-21-28(32-22-36)23-13-15-26(16-14-23)35(4)43(40,41)31-3)33-20-29(37)24-9-8-10-25(19-24)34-42(38,39)27-11-6-5-7-12-27/h5-16,19,21-22,29,31,33-34,37H,17-18,20H2,1-4H3. The van der Waals surface area contributed by atoms with Crippen molar-refractivity contribution in [3.05, 3.63) is 97.0 Å². The van der Waals surface area contributed by atoms with Crippen LogP contribution in [-0.4, -0.2) is 57.7 Å². The molecule has 0 bridgehead atoms. The van der Waals surface area contributed by atoms with Crippen LogP contribution in [0.5, 0.6) is 0 Å². The van der Waals surface area contributed by atoms with E-state index >= 15 is 0 Å². The molecule has 1 atom stereocenters. The van der Waals surface area contributed by atoms with Crippen molar-refractivity contribution in [2.75, 3.05) is 29.7 Å². The number of aryl methyl sites for hydroxylation is 1. The number of imidazole rings is 1. The summed E-state index contributed by atoms with van der Waals surface area (Å²) in [6, 6.07) is 22.0. The maximum Gasteiger partial charge on any atom is 0.301 e. The Kier molecular flexibility index (Phi) is 9.93. The van der Waals surface area contributed by atoms with Crippen LogP contribution in [0.3, 0.4) is 0 Å². The minimum Gasteiger partial charge on any atom is -0.387 e. The largest absolute Gasteiger partial charge is 0.387 e. The molecule has 0 saturated carbocycles. The first-order chi connectivity index (χ1) is 20.3. The van der Waals surface area contributed by atoms with E-state index in [-0.39, 0.29) is 17.0 Å². The number of nitrogens with zero attached hydrogens (tertiary/aromatic N) is 3. The average Bonchev–Trinajstić information content (AvgIpc) is 3.48. The van der Waals surface area contributed by atoms with E-state index in [2.05, 4.69) is 33.6 Å². The van der Waals surface area contributed by atoms with Gasteiger partial charge in [0.05, 0.1) is 28.7 Å². The Morgan fingerprint density at radius 2 is 1.67 bits per heavy atom. The molecule has 43 heavy (non-hydrogen) atoms. The molecule has 0 fully saturated rings. The topological polar surface area (TPSA) is 146 Å². The van der Waals surface area contributed by atoms with Gasteiger partial charge in [-0.2, -0.15) is 8.42 Å². The predicted molar refractivity (Wildman–Crippen MR) is 169 cm³/mol. The van der Waals surface area contributed by atoms with Gasteiger partial charge in [-0.3, -0.25) is 9.03 Å². The highest BCUT2D eigenvalue weighted by atomic mass is 32.2. The van der Waals surface area contributed by atoms with Crippen LogP contribution >= 0.6 is 0 Å². The fraction of sp³-hybridized carbons (Fsp3) is 0.300. The molecule has 4 rings (SSSR count). The highest BCUT2D eigenvalue weighted by Gasteiger charge is 2.21. The smallest absolute Gasteiger partial charge is 0.301 e. The zero-order valence-corrected chi connectivity index (χ0v) is 26.2. The number of β-amino-alcohol motifs (C(OH)–C–C–N with tert-alkyl or cyclic N) is 1. The molecular weight excluding hydrogens is 589 g/mol. The Morgan fingerprint density at radius 1 is 0.977 bits per heavy atom. The Morgan fingerprint density at radius 3 is 2.35 bits per heavy atom. The molecule has 0 aliphatic carbocycles. The molecule has 11 nitrogen and oxygen atoms in total. The van der Waals surface area contributed by atoms with E-state index in [4.69, 9.17) is 0 Å². The quantitative estimate of drug-likeness (QED) is 0.167. The molecule has 0 aliphatic rings. The van der Waals surface area contributed by atoms with E-state index in [1.165, 1.54) is 30.5 Å². The second-order valence-electron chi connectivity index (χ2n) is 10.8. The van der Waals surface area contributed by atoms with Crippen LogP contribution < -0.4 is 19.1 Å². The molecule has 0 radical (unpaired) electrons. The van der Waals surface area contributed by atoms with Crippen molar-refractivity contribution in [3.8, 4) is 11.3 Å². The average molecular weight is 627 g/mol. The first-order valence-electron chi connectivity index (χ1n) is 13.7. The van der Waals surface area contributed by atoms with E-state index in [0.717, 1.165) is 17.7 Å². The second kappa shape index (κ2) is 13.3. The number of aliphatic hydroxyl groups excluding tert-OH is 1. The zero-order valence-electron chi connectivity index (χ0n) is 24.6. The number of aromatic nitrogens is 2. The lowest BCUT2D eigenvalue weighted by atomic mass is 9.99. The third-order valence-corrected chi connectivity index (χ3v) is 9.97. The van der Waals surface area contributed by atoms with Gasteiger partial charge in [-0.15, -0.1) is 0 Å². The van der Waals surface area contributed by atoms with Crippen molar-refractivity contribution in [3.63, 3.8) is 0 Å². The van der Waals surface area contributed by atoms with Crippen molar-refractivity contribution in [1.29, 1.82) is 0 Å². The minimum absolute atomic E-state index is 0.165. The summed E-state index contributed by atoms with van der Waals surface area (Å²) >= 11 is 0. The van der Waals surface area contributed by atoms with E-state index in [0.29, 0.717) is 23.5 Å².